The Morgan fingerprint density at radius 3 is 2.43 bits per heavy atom. The van der Waals surface area contributed by atoms with Gasteiger partial charge in [0.1, 0.15) is 0 Å². The van der Waals surface area contributed by atoms with Gasteiger partial charge in [-0.1, -0.05) is 23.7 Å². The van der Waals surface area contributed by atoms with Crippen LogP contribution in [0.25, 0.3) is 5.65 Å². The van der Waals surface area contributed by atoms with Gasteiger partial charge in [0.2, 0.25) is 5.91 Å². The summed E-state index contributed by atoms with van der Waals surface area (Å²) in [6.45, 7) is 1.49. The number of nitrogens with zero attached hydrogens (tertiary/aromatic N) is 5. The van der Waals surface area contributed by atoms with Crippen molar-refractivity contribution in [2.24, 2.45) is 0 Å². The molecule has 6 nitrogen and oxygen atoms in total. The van der Waals surface area contributed by atoms with Crippen molar-refractivity contribution in [3.05, 3.63) is 58.5 Å². The van der Waals surface area contributed by atoms with Gasteiger partial charge in [-0.05, 0) is 55.5 Å². The standard InChI is InChI=1S/C21H22ClN5O/c22-17-5-1-14(2-6-17)13-20(28)26-11-9-16(10-12-26)21-24-23-19-8-7-18(15-3-4-15)25-27(19)21/h1-2,5-8,15-16H,3-4,9-13H2. The first-order valence-corrected chi connectivity index (χ1v) is 10.3. The Morgan fingerprint density at radius 1 is 0.964 bits per heavy atom. The van der Waals surface area contributed by atoms with Crippen LogP contribution in [0, 0.1) is 0 Å². The highest BCUT2D eigenvalue weighted by Gasteiger charge is 2.29. The van der Waals surface area contributed by atoms with Crippen molar-refractivity contribution >= 4 is 23.2 Å². The molecule has 1 aliphatic heterocycles. The van der Waals surface area contributed by atoms with Crippen LogP contribution in [0.5, 0.6) is 0 Å². The Labute approximate surface area is 168 Å². The third kappa shape index (κ3) is 3.49. The highest BCUT2D eigenvalue weighted by Crippen LogP contribution is 2.39. The highest BCUT2D eigenvalue weighted by atomic mass is 35.5. The molecular weight excluding hydrogens is 374 g/mol. The molecule has 7 heteroatoms. The predicted molar refractivity (Wildman–Crippen MR) is 106 cm³/mol. The lowest BCUT2D eigenvalue weighted by molar-refractivity contribution is -0.131. The second-order valence-electron chi connectivity index (χ2n) is 7.82. The molecule has 2 fully saturated rings. The van der Waals surface area contributed by atoms with Gasteiger partial charge in [-0.2, -0.15) is 9.61 Å². The summed E-state index contributed by atoms with van der Waals surface area (Å²) in [6, 6.07) is 11.6. The Bertz CT molecular complexity index is 1000. The van der Waals surface area contributed by atoms with Crippen LogP contribution in [-0.4, -0.2) is 43.7 Å². The molecule has 0 atom stereocenters. The molecule has 3 aromatic rings. The number of piperidine rings is 1. The number of halogens is 1. The van der Waals surface area contributed by atoms with Gasteiger partial charge in [-0.25, -0.2) is 0 Å². The van der Waals surface area contributed by atoms with Crippen molar-refractivity contribution in [3.63, 3.8) is 0 Å². The molecule has 0 bridgehead atoms. The average Bonchev–Trinajstić information content (AvgIpc) is 3.49. The van der Waals surface area contributed by atoms with Crippen molar-refractivity contribution in [1.29, 1.82) is 0 Å². The van der Waals surface area contributed by atoms with Gasteiger partial charge in [-0.3, -0.25) is 4.79 Å². The molecule has 1 saturated heterocycles. The lowest BCUT2D eigenvalue weighted by atomic mass is 9.95. The number of carbonyl (C=O) groups excluding carboxylic acids is 1. The fourth-order valence-corrected chi connectivity index (χ4v) is 4.07. The van der Waals surface area contributed by atoms with Gasteiger partial charge >= 0.3 is 0 Å². The summed E-state index contributed by atoms with van der Waals surface area (Å²) in [7, 11) is 0. The number of fused-ring (bicyclic) bond motifs is 1. The fourth-order valence-electron chi connectivity index (χ4n) is 3.95. The van der Waals surface area contributed by atoms with E-state index in [9.17, 15) is 4.79 Å². The normalized spacial score (nSPS) is 18.0. The Balaban J connectivity index is 1.25. The largest absolute Gasteiger partial charge is 0.342 e. The van der Waals surface area contributed by atoms with Gasteiger partial charge in [0.15, 0.2) is 11.5 Å². The second kappa shape index (κ2) is 7.17. The van der Waals surface area contributed by atoms with Crippen LogP contribution in [0.3, 0.4) is 0 Å². The van der Waals surface area contributed by atoms with Crippen molar-refractivity contribution < 1.29 is 4.79 Å². The van der Waals surface area contributed by atoms with E-state index >= 15 is 0 Å². The van der Waals surface area contributed by atoms with Gasteiger partial charge in [0.05, 0.1) is 12.1 Å². The first-order valence-electron chi connectivity index (χ1n) is 9.92. The van der Waals surface area contributed by atoms with Crippen LogP contribution in [0.15, 0.2) is 36.4 Å². The summed E-state index contributed by atoms with van der Waals surface area (Å²) >= 11 is 5.92. The number of aromatic nitrogens is 4. The molecule has 0 unspecified atom stereocenters. The number of hydrogen-bond donors (Lipinski definition) is 0. The molecule has 1 saturated carbocycles. The van der Waals surface area contributed by atoms with Gasteiger partial charge in [0.25, 0.3) is 0 Å². The number of amides is 1. The lowest BCUT2D eigenvalue weighted by Gasteiger charge is -2.31. The van der Waals surface area contributed by atoms with Crippen LogP contribution in [-0.2, 0) is 11.2 Å². The molecule has 1 aromatic carbocycles. The number of likely N-dealkylation sites (tertiary alicyclic amines) is 1. The maximum absolute atomic E-state index is 12.6. The van der Waals surface area contributed by atoms with E-state index in [0.717, 1.165) is 48.7 Å². The van der Waals surface area contributed by atoms with E-state index < -0.39 is 0 Å². The molecule has 0 N–H and O–H groups in total. The van der Waals surface area contributed by atoms with E-state index in [4.69, 9.17) is 16.7 Å². The Morgan fingerprint density at radius 2 is 1.71 bits per heavy atom. The summed E-state index contributed by atoms with van der Waals surface area (Å²) in [5, 5.41) is 14.2. The van der Waals surface area contributed by atoms with Crippen molar-refractivity contribution in [2.75, 3.05) is 13.1 Å². The SMILES string of the molecule is O=C(Cc1ccc(Cl)cc1)N1CCC(c2nnc3ccc(C4CC4)nn23)CC1. The molecule has 3 heterocycles. The average molecular weight is 396 g/mol. The first-order chi connectivity index (χ1) is 13.7. The minimum absolute atomic E-state index is 0.168. The number of hydrogen-bond acceptors (Lipinski definition) is 4. The van der Waals surface area contributed by atoms with Crippen LogP contribution in [0.1, 0.15) is 54.6 Å². The zero-order valence-electron chi connectivity index (χ0n) is 15.6. The van der Waals surface area contributed by atoms with E-state index in [1.165, 1.54) is 12.8 Å². The van der Waals surface area contributed by atoms with Gasteiger partial charge in [-0.15, -0.1) is 10.2 Å². The van der Waals surface area contributed by atoms with Gasteiger partial charge in [0, 0.05) is 29.9 Å². The monoisotopic (exact) mass is 395 g/mol. The van der Waals surface area contributed by atoms with E-state index in [0.29, 0.717) is 17.4 Å². The maximum atomic E-state index is 12.6. The Hall–Kier alpha value is -2.47. The van der Waals surface area contributed by atoms with E-state index in [2.05, 4.69) is 16.3 Å². The topological polar surface area (TPSA) is 63.4 Å². The first kappa shape index (κ1) is 17.6. The minimum atomic E-state index is 0.168. The predicted octanol–water partition coefficient (Wildman–Crippen LogP) is 3.60. The van der Waals surface area contributed by atoms with Crippen molar-refractivity contribution in [2.45, 2.75) is 43.9 Å². The third-order valence-electron chi connectivity index (χ3n) is 5.78. The second-order valence-corrected chi connectivity index (χ2v) is 8.26. The fraction of sp³-hybridized carbons (Fsp3) is 0.429. The zero-order chi connectivity index (χ0) is 19.1. The summed E-state index contributed by atoms with van der Waals surface area (Å²) in [5.41, 5.74) is 2.95. The van der Waals surface area contributed by atoms with Crippen LogP contribution in [0.4, 0.5) is 0 Å². The van der Waals surface area contributed by atoms with E-state index in [-0.39, 0.29) is 11.8 Å². The highest BCUT2D eigenvalue weighted by molar-refractivity contribution is 6.30. The van der Waals surface area contributed by atoms with Gasteiger partial charge < -0.3 is 4.90 Å². The molecule has 144 valence electrons. The molecule has 1 aliphatic carbocycles. The quantitative estimate of drug-likeness (QED) is 0.677. The molecule has 0 spiro atoms. The summed E-state index contributed by atoms with van der Waals surface area (Å²) in [5.74, 6) is 1.99. The molecule has 0 radical (unpaired) electrons. The molecule has 28 heavy (non-hydrogen) atoms. The van der Waals surface area contributed by atoms with E-state index in [1.54, 1.807) is 0 Å². The number of benzene rings is 1. The number of rotatable bonds is 4. The molecule has 1 amide bonds. The smallest absolute Gasteiger partial charge is 0.226 e. The van der Waals surface area contributed by atoms with Crippen molar-refractivity contribution in [3.8, 4) is 0 Å². The summed E-state index contributed by atoms with van der Waals surface area (Å²) < 4.78 is 1.92. The molecule has 2 aliphatic rings. The minimum Gasteiger partial charge on any atom is -0.342 e. The van der Waals surface area contributed by atoms with Crippen LogP contribution < -0.4 is 0 Å². The summed E-state index contributed by atoms with van der Waals surface area (Å²) in [4.78, 5) is 14.6. The Kier molecular flexibility index (Phi) is 4.51. The molecule has 2 aromatic heterocycles. The summed E-state index contributed by atoms with van der Waals surface area (Å²) in [6.07, 6.45) is 4.65. The lowest BCUT2D eigenvalue weighted by Crippen LogP contribution is -2.39. The molecule has 5 rings (SSSR count). The van der Waals surface area contributed by atoms with Crippen LogP contribution in [0.2, 0.25) is 5.02 Å². The maximum Gasteiger partial charge on any atom is 0.226 e. The van der Waals surface area contributed by atoms with Crippen LogP contribution >= 0.6 is 11.6 Å². The zero-order valence-corrected chi connectivity index (χ0v) is 16.3. The van der Waals surface area contributed by atoms with E-state index in [1.807, 2.05) is 39.7 Å². The number of carbonyl (C=O) groups is 1. The van der Waals surface area contributed by atoms with Crippen molar-refractivity contribution in [1.82, 2.24) is 24.7 Å². The molecular formula is C21H22ClN5O. The third-order valence-corrected chi connectivity index (χ3v) is 6.04.